The lowest BCUT2D eigenvalue weighted by Crippen LogP contribution is -2.53. The lowest BCUT2D eigenvalue weighted by molar-refractivity contribution is -0.143. The molecule has 12 nitrogen and oxygen atoms in total. The average Bonchev–Trinajstić information content (AvgIpc) is 3.58. The standard InChI is InChI=1S/C37H38Cl2N4O8/c1-37(2,3)50-21-31(35(45)41-30(18-44)36(46)47)40-17-25-15-27(38)33(16-32(25)48-19-22-12-13-28-29(14-22)43-51-42-28)49-20-24-10-7-11-26(34(24)39)23-8-5-4-6-9-23/h4-16,30-31,40,44H,17-21H2,1-3H3,(H,41,45)(H,46,47)/t30-,31-/m1/s1. The van der Waals surface area contributed by atoms with Gasteiger partial charge in [0.25, 0.3) is 0 Å². The number of aromatic nitrogens is 2. The smallest absolute Gasteiger partial charge is 0.328 e. The molecule has 1 amide bonds. The molecule has 0 spiro atoms. The number of aliphatic hydroxyl groups is 1. The summed E-state index contributed by atoms with van der Waals surface area (Å²) >= 11 is 13.6. The lowest BCUT2D eigenvalue weighted by atomic mass is 10.0. The van der Waals surface area contributed by atoms with E-state index in [1.165, 1.54) is 0 Å². The van der Waals surface area contributed by atoms with Crippen molar-refractivity contribution in [2.45, 2.75) is 58.2 Å². The molecule has 4 aromatic carbocycles. The van der Waals surface area contributed by atoms with Crippen LogP contribution in [0.1, 0.15) is 37.5 Å². The molecule has 0 unspecified atom stereocenters. The highest BCUT2D eigenvalue weighted by Crippen LogP contribution is 2.36. The van der Waals surface area contributed by atoms with Gasteiger partial charge in [0.2, 0.25) is 5.91 Å². The van der Waals surface area contributed by atoms with Gasteiger partial charge in [-0.15, -0.1) is 0 Å². The Hall–Kier alpha value is -4.72. The fourth-order valence-corrected chi connectivity index (χ4v) is 5.51. The van der Waals surface area contributed by atoms with Crippen molar-refractivity contribution in [3.8, 4) is 22.6 Å². The van der Waals surface area contributed by atoms with Gasteiger partial charge in [0.1, 0.15) is 47.8 Å². The predicted octanol–water partition coefficient (Wildman–Crippen LogP) is 6.19. The summed E-state index contributed by atoms with van der Waals surface area (Å²) in [6.07, 6.45) is 0. The van der Waals surface area contributed by atoms with Gasteiger partial charge in [-0.05, 0) is 60.4 Å². The Bertz CT molecular complexity index is 1970. The summed E-state index contributed by atoms with van der Waals surface area (Å²) in [6, 6.07) is 21.8. The summed E-state index contributed by atoms with van der Waals surface area (Å²) in [4.78, 5) is 24.7. The number of carboxylic acid groups (broad SMARTS) is 1. The van der Waals surface area contributed by atoms with Gasteiger partial charge in [-0.3, -0.25) is 10.1 Å². The van der Waals surface area contributed by atoms with Crippen LogP contribution in [0.15, 0.2) is 83.5 Å². The summed E-state index contributed by atoms with van der Waals surface area (Å²) in [7, 11) is 0. The second kappa shape index (κ2) is 17.0. The summed E-state index contributed by atoms with van der Waals surface area (Å²) in [5.41, 5.74) is 4.55. The molecular weight excluding hydrogens is 699 g/mol. The number of carbonyl (C=O) groups excluding carboxylic acids is 1. The Kier molecular flexibility index (Phi) is 12.5. The van der Waals surface area contributed by atoms with E-state index in [9.17, 15) is 19.8 Å². The van der Waals surface area contributed by atoms with Gasteiger partial charge >= 0.3 is 5.97 Å². The number of nitrogens with one attached hydrogen (secondary N) is 2. The maximum Gasteiger partial charge on any atom is 0.328 e. The molecule has 5 rings (SSSR count). The van der Waals surface area contributed by atoms with E-state index in [0.717, 1.165) is 22.3 Å². The van der Waals surface area contributed by atoms with Gasteiger partial charge in [-0.25, -0.2) is 9.42 Å². The summed E-state index contributed by atoms with van der Waals surface area (Å²) in [6.45, 7) is 4.94. The minimum absolute atomic E-state index is 0.0645. The Morgan fingerprint density at radius 3 is 2.33 bits per heavy atom. The van der Waals surface area contributed by atoms with Crippen molar-refractivity contribution in [1.29, 1.82) is 0 Å². The number of aliphatic hydroxyl groups excluding tert-OH is 1. The van der Waals surface area contributed by atoms with Gasteiger partial charge < -0.3 is 29.7 Å². The van der Waals surface area contributed by atoms with E-state index in [4.69, 9.17) is 42.0 Å². The number of halogens is 2. The second-order valence-electron chi connectivity index (χ2n) is 12.6. The third-order valence-electron chi connectivity index (χ3n) is 7.71. The number of amides is 1. The molecule has 268 valence electrons. The number of fused-ring (bicyclic) bond motifs is 1. The van der Waals surface area contributed by atoms with Crippen molar-refractivity contribution < 1.29 is 38.6 Å². The fraction of sp³-hybridized carbons (Fsp3) is 0.297. The van der Waals surface area contributed by atoms with Crippen LogP contribution in [-0.4, -0.2) is 63.3 Å². The molecule has 0 aliphatic carbocycles. The van der Waals surface area contributed by atoms with E-state index in [-0.39, 0.29) is 31.4 Å². The van der Waals surface area contributed by atoms with Crippen molar-refractivity contribution in [3.05, 3.63) is 106 Å². The highest BCUT2D eigenvalue weighted by Gasteiger charge is 2.27. The number of hydrogen-bond donors (Lipinski definition) is 4. The number of ether oxygens (including phenoxy) is 3. The van der Waals surface area contributed by atoms with Crippen LogP contribution >= 0.6 is 23.2 Å². The topological polar surface area (TPSA) is 165 Å². The van der Waals surface area contributed by atoms with Crippen LogP contribution in [0.3, 0.4) is 0 Å². The molecule has 0 bridgehead atoms. The van der Waals surface area contributed by atoms with Crippen LogP contribution in [0, 0.1) is 0 Å². The maximum atomic E-state index is 13.2. The molecule has 4 N–H and O–H groups in total. The van der Waals surface area contributed by atoms with Crippen molar-refractivity contribution in [2.24, 2.45) is 0 Å². The molecule has 1 heterocycles. The van der Waals surface area contributed by atoms with Crippen molar-refractivity contribution in [1.82, 2.24) is 20.9 Å². The number of carboxylic acids is 1. The Morgan fingerprint density at radius 2 is 1.61 bits per heavy atom. The van der Waals surface area contributed by atoms with E-state index >= 15 is 0 Å². The third kappa shape index (κ3) is 10.2. The first-order valence-electron chi connectivity index (χ1n) is 16.0. The van der Waals surface area contributed by atoms with Gasteiger partial charge in [-0.1, -0.05) is 77.8 Å². The molecule has 2 atom stereocenters. The van der Waals surface area contributed by atoms with Crippen LogP contribution in [0.25, 0.3) is 22.2 Å². The Balaban J connectivity index is 1.40. The molecule has 51 heavy (non-hydrogen) atoms. The first-order chi connectivity index (χ1) is 24.4. The van der Waals surface area contributed by atoms with E-state index in [2.05, 4.69) is 20.9 Å². The van der Waals surface area contributed by atoms with Gasteiger partial charge in [0.15, 0.2) is 0 Å². The monoisotopic (exact) mass is 736 g/mol. The van der Waals surface area contributed by atoms with E-state index < -0.39 is 36.2 Å². The van der Waals surface area contributed by atoms with Crippen molar-refractivity contribution >= 4 is 46.1 Å². The predicted molar refractivity (Wildman–Crippen MR) is 192 cm³/mol. The number of hydrogen-bond acceptors (Lipinski definition) is 10. The first-order valence-corrected chi connectivity index (χ1v) is 16.8. The molecule has 1 aromatic heterocycles. The normalized spacial score (nSPS) is 12.7. The number of benzene rings is 4. The molecule has 0 radical (unpaired) electrons. The highest BCUT2D eigenvalue weighted by molar-refractivity contribution is 6.34. The zero-order chi connectivity index (χ0) is 36.5. The van der Waals surface area contributed by atoms with Gasteiger partial charge in [0.05, 0.1) is 28.9 Å². The molecule has 0 aliphatic rings. The van der Waals surface area contributed by atoms with Crippen LogP contribution < -0.4 is 20.1 Å². The van der Waals surface area contributed by atoms with E-state index in [1.54, 1.807) is 24.3 Å². The number of rotatable bonds is 16. The van der Waals surface area contributed by atoms with Crippen LogP contribution in [-0.2, 0) is 34.1 Å². The fourth-order valence-electron chi connectivity index (χ4n) is 4.98. The minimum atomic E-state index is -1.49. The van der Waals surface area contributed by atoms with Crippen molar-refractivity contribution in [2.75, 3.05) is 13.2 Å². The average molecular weight is 738 g/mol. The summed E-state index contributed by atoms with van der Waals surface area (Å²) < 4.78 is 23.2. The zero-order valence-electron chi connectivity index (χ0n) is 28.2. The SMILES string of the molecule is CC(C)(C)OC[C@@H](NCc1cc(Cl)c(OCc2cccc(-c3ccccc3)c2Cl)cc1OCc1ccc2nonc2c1)C(=O)N[C@H](CO)C(=O)O. The maximum absolute atomic E-state index is 13.2. The number of aliphatic carboxylic acids is 1. The zero-order valence-corrected chi connectivity index (χ0v) is 29.7. The first kappa shape index (κ1) is 37.5. The third-order valence-corrected chi connectivity index (χ3v) is 8.45. The molecular formula is C37H38Cl2N4O8. The quantitative estimate of drug-likeness (QED) is 0.0913. The Morgan fingerprint density at radius 1 is 0.863 bits per heavy atom. The van der Waals surface area contributed by atoms with Gasteiger partial charge in [-0.2, -0.15) is 0 Å². The Labute approximate surface area is 304 Å². The lowest BCUT2D eigenvalue weighted by Gasteiger charge is -2.26. The minimum Gasteiger partial charge on any atom is -0.488 e. The molecule has 0 aliphatic heterocycles. The number of carbonyl (C=O) groups is 2. The summed E-state index contributed by atoms with van der Waals surface area (Å²) in [5, 5.41) is 32.9. The molecule has 14 heteroatoms. The van der Waals surface area contributed by atoms with Crippen LogP contribution in [0.4, 0.5) is 0 Å². The van der Waals surface area contributed by atoms with Crippen molar-refractivity contribution in [3.63, 3.8) is 0 Å². The van der Waals surface area contributed by atoms with Crippen LogP contribution in [0.2, 0.25) is 10.0 Å². The molecule has 0 fully saturated rings. The largest absolute Gasteiger partial charge is 0.488 e. The number of nitrogens with zero attached hydrogens (tertiary/aromatic N) is 2. The van der Waals surface area contributed by atoms with E-state index in [0.29, 0.717) is 33.1 Å². The van der Waals surface area contributed by atoms with Gasteiger partial charge in [0, 0.05) is 29.3 Å². The summed E-state index contributed by atoms with van der Waals surface area (Å²) in [5.74, 6) is -1.30. The second-order valence-corrected chi connectivity index (χ2v) is 13.4. The van der Waals surface area contributed by atoms with Crippen LogP contribution in [0.5, 0.6) is 11.5 Å². The van der Waals surface area contributed by atoms with E-state index in [1.807, 2.05) is 75.4 Å². The molecule has 0 saturated carbocycles. The molecule has 5 aromatic rings. The highest BCUT2D eigenvalue weighted by atomic mass is 35.5. The molecule has 0 saturated heterocycles.